The Kier molecular flexibility index (Phi) is 6.68. The highest BCUT2D eigenvalue weighted by Gasteiger charge is 2.21. The van der Waals surface area contributed by atoms with Crippen LogP contribution in [0.2, 0.25) is 0 Å². The highest BCUT2D eigenvalue weighted by Crippen LogP contribution is 2.17. The minimum atomic E-state index is -1.04. The zero-order chi connectivity index (χ0) is 18.2. The van der Waals surface area contributed by atoms with E-state index in [0.29, 0.717) is 13.2 Å². The van der Waals surface area contributed by atoms with Gasteiger partial charge in [-0.05, 0) is 31.4 Å². The standard InChI is InChI=1S/C18H23NO6/c1-4-22-16-11-10-15(25-16)17(20)23-13(2)24-18(21)19(3)12-14-8-6-5-7-9-14/h6,8-11,13H,4-5,7,12H2,1-3H3. The van der Waals surface area contributed by atoms with Gasteiger partial charge in [-0.15, -0.1) is 0 Å². The Morgan fingerprint density at radius 3 is 2.76 bits per heavy atom. The van der Waals surface area contributed by atoms with Crippen molar-refractivity contribution >= 4 is 12.1 Å². The molecule has 0 aliphatic heterocycles. The molecule has 1 amide bonds. The summed E-state index contributed by atoms with van der Waals surface area (Å²) in [5.41, 5.74) is 1.05. The van der Waals surface area contributed by atoms with Gasteiger partial charge >= 0.3 is 12.1 Å². The maximum absolute atomic E-state index is 12.1. The first kappa shape index (κ1) is 18.6. The van der Waals surface area contributed by atoms with Crippen molar-refractivity contribution < 1.29 is 28.2 Å². The highest BCUT2D eigenvalue weighted by molar-refractivity contribution is 5.86. The monoisotopic (exact) mass is 349 g/mol. The average molecular weight is 349 g/mol. The molecule has 25 heavy (non-hydrogen) atoms. The van der Waals surface area contributed by atoms with E-state index < -0.39 is 18.4 Å². The van der Waals surface area contributed by atoms with Gasteiger partial charge in [0.05, 0.1) is 6.61 Å². The topological polar surface area (TPSA) is 78.2 Å². The molecule has 0 bridgehead atoms. The lowest BCUT2D eigenvalue weighted by atomic mass is 10.1. The molecule has 1 atom stereocenters. The molecule has 0 fully saturated rings. The van der Waals surface area contributed by atoms with Gasteiger partial charge in [-0.3, -0.25) is 0 Å². The molecule has 0 radical (unpaired) electrons. The zero-order valence-corrected chi connectivity index (χ0v) is 14.7. The Morgan fingerprint density at radius 2 is 2.08 bits per heavy atom. The Morgan fingerprint density at radius 1 is 1.28 bits per heavy atom. The number of hydrogen-bond donors (Lipinski definition) is 0. The molecular weight excluding hydrogens is 326 g/mol. The first-order valence-corrected chi connectivity index (χ1v) is 8.20. The van der Waals surface area contributed by atoms with Crippen molar-refractivity contribution in [2.24, 2.45) is 0 Å². The second kappa shape index (κ2) is 8.96. The third kappa shape index (κ3) is 5.70. The summed E-state index contributed by atoms with van der Waals surface area (Å²) in [5.74, 6) is -0.517. The van der Waals surface area contributed by atoms with E-state index in [2.05, 4.69) is 12.2 Å². The SMILES string of the molecule is CCOc1ccc(C(=O)OC(C)OC(=O)N(C)CC2=CCCC=C2)o1. The molecule has 1 aliphatic carbocycles. The number of hydrogen-bond acceptors (Lipinski definition) is 6. The third-order valence-electron chi connectivity index (χ3n) is 3.41. The van der Waals surface area contributed by atoms with E-state index in [4.69, 9.17) is 18.6 Å². The molecule has 0 saturated carbocycles. The second-order valence-electron chi connectivity index (χ2n) is 5.52. The average Bonchev–Trinajstić information content (AvgIpc) is 3.04. The fourth-order valence-corrected chi connectivity index (χ4v) is 2.24. The maximum Gasteiger partial charge on any atom is 0.412 e. The number of amides is 1. The lowest BCUT2D eigenvalue weighted by molar-refractivity contribution is -0.0691. The summed E-state index contributed by atoms with van der Waals surface area (Å²) in [4.78, 5) is 25.4. The van der Waals surface area contributed by atoms with Crippen LogP contribution < -0.4 is 4.74 Å². The Labute approximate surface area is 146 Å². The van der Waals surface area contributed by atoms with Crippen LogP contribution in [0.1, 0.15) is 37.2 Å². The van der Waals surface area contributed by atoms with Crippen molar-refractivity contribution in [3.63, 3.8) is 0 Å². The molecule has 136 valence electrons. The summed E-state index contributed by atoms with van der Waals surface area (Å²) in [5, 5.41) is 0. The van der Waals surface area contributed by atoms with Gasteiger partial charge in [0.25, 0.3) is 5.95 Å². The number of carbonyl (C=O) groups excluding carboxylic acids is 2. The number of carbonyl (C=O) groups is 2. The van der Waals surface area contributed by atoms with Crippen LogP contribution in [0, 0.1) is 0 Å². The van der Waals surface area contributed by atoms with E-state index in [1.165, 1.54) is 24.0 Å². The molecule has 1 aromatic heterocycles. The van der Waals surface area contributed by atoms with Crippen LogP contribution >= 0.6 is 0 Å². The van der Waals surface area contributed by atoms with Gasteiger partial charge in [0.2, 0.25) is 12.1 Å². The first-order valence-electron chi connectivity index (χ1n) is 8.20. The zero-order valence-electron chi connectivity index (χ0n) is 14.7. The molecule has 1 aliphatic rings. The van der Waals surface area contributed by atoms with E-state index in [1.807, 2.05) is 6.08 Å². The van der Waals surface area contributed by atoms with Gasteiger partial charge < -0.3 is 23.5 Å². The minimum Gasteiger partial charge on any atom is -0.465 e. The number of esters is 1. The van der Waals surface area contributed by atoms with Crippen molar-refractivity contribution in [3.8, 4) is 5.95 Å². The molecule has 2 rings (SSSR count). The maximum atomic E-state index is 12.1. The molecule has 0 saturated heterocycles. The van der Waals surface area contributed by atoms with Gasteiger partial charge in [-0.2, -0.15) is 0 Å². The molecule has 0 aromatic carbocycles. The number of nitrogens with zero attached hydrogens (tertiary/aromatic N) is 1. The normalized spacial score (nSPS) is 14.4. The summed E-state index contributed by atoms with van der Waals surface area (Å²) in [7, 11) is 1.63. The third-order valence-corrected chi connectivity index (χ3v) is 3.41. The smallest absolute Gasteiger partial charge is 0.412 e. The Hall–Kier alpha value is -2.70. The number of furan rings is 1. The summed E-state index contributed by atoms with van der Waals surface area (Å²) in [6, 6.07) is 2.96. The van der Waals surface area contributed by atoms with Crippen molar-refractivity contribution in [1.29, 1.82) is 0 Å². The van der Waals surface area contributed by atoms with Gasteiger partial charge in [0.1, 0.15) is 0 Å². The van der Waals surface area contributed by atoms with E-state index >= 15 is 0 Å². The molecule has 1 heterocycles. The van der Waals surface area contributed by atoms with Crippen molar-refractivity contribution in [2.45, 2.75) is 33.0 Å². The van der Waals surface area contributed by atoms with Crippen molar-refractivity contribution in [2.75, 3.05) is 20.2 Å². The quantitative estimate of drug-likeness (QED) is 0.553. The summed E-state index contributed by atoms with van der Waals surface area (Å²) < 4.78 is 20.5. The fourth-order valence-electron chi connectivity index (χ4n) is 2.24. The lowest BCUT2D eigenvalue weighted by Crippen LogP contribution is -2.33. The number of likely N-dealkylation sites (N-methyl/N-ethyl adjacent to an activating group) is 1. The van der Waals surface area contributed by atoms with Crippen LogP contribution in [0.3, 0.4) is 0 Å². The van der Waals surface area contributed by atoms with Crippen LogP contribution in [-0.2, 0) is 9.47 Å². The lowest BCUT2D eigenvalue weighted by Gasteiger charge is -2.21. The molecule has 0 spiro atoms. The second-order valence-corrected chi connectivity index (χ2v) is 5.52. The van der Waals surface area contributed by atoms with Gasteiger partial charge in [0.15, 0.2) is 0 Å². The minimum absolute atomic E-state index is 0.0165. The van der Waals surface area contributed by atoms with Crippen LogP contribution in [0.5, 0.6) is 5.95 Å². The van der Waals surface area contributed by atoms with Crippen LogP contribution in [-0.4, -0.2) is 43.5 Å². The van der Waals surface area contributed by atoms with Crippen molar-refractivity contribution in [1.82, 2.24) is 4.90 Å². The molecular formula is C18H23NO6. The molecule has 1 aromatic rings. The number of ether oxygens (including phenoxy) is 3. The summed E-state index contributed by atoms with van der Waals surface area (Å²) >= 11 is 0. The first-order chi connectivity index (χ1) is 12.0. The van der Waals surface area contributed by atoms with E-state index in [9.17, 15) is 9.59 Å². The molecule has 7 nitrogen and oxygen atoms in total. The fraction of sp³-hybridized carbons (Fsp3) is 0.444. The highest BCUT2D eigenvalue weighted by atomic mass is 16.7. The summed E-state index contributed by atoms with van der Waals surface area (Å²) in [6.45, 7) is 4.13. The summed E-state index contributed by atoms with van der Waals surface area (Å²) in [6.07, 6.45) is 6.51. The molecule has 7 heteroatoms. The van der Waals surface area contributed by atoms with E-state index in [0.717, 1.165) is 18.4 Å². The van der Waals surface area contributed by atoms with Crippen LogP contribution in [0.15, 0.2) is 40.4 Å². The van der Waals surface area contributed by atoms with Gasteiger partial charge in [0, 0.05) is 26.6 Å². The Bertz CT molecular complexity index is 660. The largest absolute Gasteiger partial charge is 0.465 e. The van der Waals surface area contributed by atoms with Gasteiger partial charge in [-0.1, -0.05) is 18.2 Å². The van der Waals surface area contributed by atoms with Crippen LogP contribution in [0.25, 0.3) is 0 Å². The number of rotatable bonds is 7. The predicted molar refractivity (Wildman–Crippen MR) is 90.3 cm³/mol. The number of allylic oxidation sites excluding steroid dienone is 2. The Balaban J connectivity index is 1.80. The van der Waals surface area contributed by atoms with Crippen LogP contribution in [0.4, 0.5) is 4.79 Å². The van der Waals surface area contributed by atoms with E-state index in [1.54, 1.807) is 14.0 Å². The molecule has 1 unspecified atom stereocenters. The molecule has 0 N–H and O–H groups in total. The predicted octanol–water partition coefficient (Wildman–Crippen LogP) is 3.53. The van der Waals surface area contributed by atoms with Gasteiger partial charge in [-0.25, -0.2) is 9.59 Å². The van der Waals surface area contributed by atoms with E-state index in [-0.39, 0.29) is 11.7 Å². The van der Waals surface area contributed by atoms with Crippen molar-refractivity contribution in [3.05, 3.63) is 41.7 Å².